The molecule has 31 heavy (non-hydrogen) atoms. The molecule has 166 valence electrons. The predicted octanol–water partition coefficient (Wildman–Crippen LogP) is 3.08. The van der Waals surface area contributed by atoms with Gasteiger partial charge < -0.3 is 30.0 Å². The molecule has 0 aliphatic carbocycles. The van der Waals surface area contributed by atoms with Gasteiger partial charge in [0.2, 0.25) is 0 Å². The number of fused-ring (bicyclic) bond motifs is 1. The van der Waals surface area contributed by atoms with Gasteiger partial charge in [0, 0.05) is 29.1 Å². The van der Waals surface area contributed by atoms with Gasteiger partial charge in [-0.1, -0.05) is 58.0 Å². The van der Waals surface area contributed by atoms with E-state index in [-0.39, 0.29) is 18.1 Å². The molecule has 3 N–H and O–H groups in total. The van der Waals surface area contributed by atoms with E-state index in [1.54, 1.807) is 20.2 Å². The molecule has 0 radical (unpaired) electrons. The van der Waals surface area contributed by atoms with Crippen molar-refractivity contribution < 1.29 is 23.7 Å². The number of methoxy groups -OCH3 is 1. The highest BCUT2D eigenvalue weighted by Gasteiger charge is 2.49. The molecule has 4 rings (SSSR count). The van der Waals surface area contributed by atoms with Gasteiger partial charge in [0.1, 0.15) is 23.7 Å². The van der Waals surface area contributed by atoms with Crippen molar-refractivity contribution >= 4 is 33.6 Å². The SMILES string of the molecule is CNC(=O)c1ccc(Br)cc1SC1OC2COC(c3ccccc3)OC2C(N)C1OC. The highest BCUT2D eigenvalue weighted by Crippen LogP contribution is 2.40. The van der Waals surface area contributed by atoms with Gasteiger partial charge in [0.25, 0.3) is 5.91 Å². The van der Waals surface area contributed by atoms with Crippen LogP contribution >= 0.6 is 27.7 Å². The summed E-state index contributed by atoms with van der Waals surface area (Å²) in [5, 5.41) is 2.67. The van der Waals surface area contributed by atoms with Gasteiger partial charge in [-0.25, -0.2) is 0 Å². The minimum absolute atomic E-state index is 0.169. The van der Waals surface area contributed by atoms with Gasteiger partial charge in [-0.3, -0.25) is 4.79 Å². The second kappa shape index (κ2) is 9.99. The van der Waals surface area contributed by atoms with Crippen molar-refractivity contribution in [2.45, 2.75) is 41.0 Å². The number of halogens is 1. The minimum atomic E-state index is -0.497. The Hall–Kier alpha value is -1.46. The lowest BCUT2D eigenvalue weighted by Crippen LogP contribution is -2.64. The number of ether oxygens (including phenoxy) is 4. The zero-order chi connectivity index (χ0) is 22.0. The summed E-state index contributed by atoms with van der Waals surface area (Å²) in [7, 11) is 3.21. The third-order valence-corrected chi connectivity index (χ3v) is 7.09. The molecule has 2 heterocycles. The van der Waals surface area contributed by atoms with Crippen molar-refractivity contribution in [1.82, 2.24) is 5.32 Å². The Morgan fingerprint density at radius 2 is 2.00 bits per heavy atom. The first-order valence-electron chi connectivity index (χ1n) is 9.96. The van der Waals surface area contributed by atoms with Crippen LogP contribution in [0.15, 0.2) is 57.9 Å². The molecular formula is C22H25BrN2O5S. The standard InChI is InChI=1S/C22H25BrN2O5S/c1-25-20(26)14-9-8-13(23)10-16(14)31-22-19(27-2)17(24)18-15(29-22)11-28-21(30-18)12-6-4-3-5-7-12/h3-10,15,17-19,21-22H,11,24H2,1-2H3,(H,25,26). The molecule has 7 nitrogen and oxygen atoms in total. The Bertz CT molecular complexity index is 918. The first-order chi connectivity index (χ1) is 15.0. The number of amides is 1. The van der Waals surface area contributed by atoms with Gasteiger partial charge in [-0.15, -0.1) is 0 Å². The van der Waals surface area contributed by atoms with Crippen molar-refractivity contribution in [3.05, 3.63) is 64.1 Å². The molecule has 2 fully saturated rings. The average molecular weight is 509 g/mol. The third kappa shape index (κ3) is 4.83. The Morgan fingerprint density at radius 1 is 1.23 bits per heavy atom. The molecule has 0 spiro atoms. The third-order valence-electron chi connectivity index (χ3n) is 5.40. The summed E-state index contributed by atoms with van der Waals surface area (Å²) in [6.45, 7) is 0.353. The zero-order valence-electron chi connectivity index (χ0n) is 17.2. The van der Waals surface area contributed by atoms with Crippen LogP contribution in [0.5, 0.6) is 0 Å². The van der Waals surface area contributed by atoms with E-state index in [4.69, 9.17) is 24.7 Å². The summed E-state index contributed by atoms with van der Waals surface area (Å²) < 4.78 is 25.0. The highest BCUT2D eigenvalue weighted by atomic mass is 79.9. The van der Waals surface area contributed by atoms with Gasteiger partial charge in [-0.2, -0.15) is 0 Å². The van der Waals surface area contributed by atoms with Crippen LogP contribution < -0.4 is 11.1 Å². The Labute approximate surface area is 194 Å². The second-order valence-electron chi connectivity index (χ2n) is 7.33. The summed E-state index contributed by atoms with van der Waals surface area (Å²) >= 11 is 4.89. The molecular weight excluding hydrogens is 484 g/mol. The monoisotopic (exact) mass is 508 g/mol. The van der Waals surface area contributed by atoms with E-state index in [0.717, 1.165) is 14.9 Å². The average Bonchev–Trinajstić information content (AvgIpc) is 2.79. The summed E-state index contributed by atoms with van der Waals surface area (Å²) in [5.41, 5.74) is 7.66. The molecule has 9 heteroatoms. The lowest BCUT2D eigenvalue weighted by molar-refractivity contribution is -0.298. The van der Waals surface area contributed by atoms with Crippen LogP contribution in [-0.2, 0) is 18.9 Å². The van der Waals surface area contributed by atoms with Crippen molar-refractivity contribution in [2.75, 3.05) is 20.8 Å². The van der Waals surface area contributed by atoms with Crippen LogP contribution in [0.25, 0.3) is 0 Å². The van der Waals surface area contributed by atoms with E-state index in [1.165, 1.54) is 11.8 Å². The van der Waals surface area contributed by atoms with Crippen molar-refractivity contribution in [3.63, 3.8) is 0 Å². The molecule has 0 aromatic heterocycles. The topological polar surface area (TPSA) is 92.0 Å². The number of nitrogens with two attached hydrogens (primary N) is 1. The second-order valence-corrected chi connectivity index (χ2v) is 9.39. The fourth-order valence-corrected chi connectivity index (χ4v) is 5.68. The molecule has 0 saturated carbocycles. The number of carbonyl (C=O) groups excluding carboxylic acids is 1. The van der Waals surface area contributed by atoms with Crippen LogP contribution in [0.4, 0.5) is 0 Å². The number of nitrogens with one attached hydrogen (secondary N) is 1. The van der Waals surface area contributed by atoms with E-state index in [0.29, 0.717) is 12.2 Å². The number of thioether (sulfide) groups is 1. The van der Waals surface area contributed by atoms with Crippen LogP contribution in [0.3, 0.4) is 0 Å². The Morgan fingerprint density at radius 3 is 2.71 bits per heavy atom. The normalized spacial score (nSPS) is 30.5. The lowest BCUT2D eigenvalue weighted by atomic mass is 9.97. The van der Waals surface area contributed by atoms with Gasteiger partial charge in [0.05, 0.1) is 18.2 Å². The van der Waals surface area contributed by atoms with E-state index in [9.17, 15) is 4.79 Å². The molecule has 6 unspecified atom stereocenters. The van der Waals surface area contributed by atoms with Crippen LogP contribution in [0.2, 0.25) is 0 Å². The van der Waals surface area contributed by atoms with E-state index < -0.39 is 23.9 Å². The molecule has 1 amide bonds. The fourth-order valence-electron chi connectivity index (χ4n) is 3.81. The van der Waals surface area contributed by atoms with Crippen molar-refractivity contribution in [1.29, 1.82) is 0 Å². The van der Waals surface area contributed by atoms with Gasteiger partial charge in [0.15, 0.2) is 6.29 Å². The number of hydrogen-bond acceptors (Lipinski definition) is 7. The highest BCUT2D eigenvalue weighted by molar-refractivity contribution is 9.10. The number of carbonyl (C=O) groups is 1. The van der Waals surface area contributed by atoms with Gasteiger partial charge >= 0.3 is 0 Å². The summed E-state index contributed by atoms with van der Waals surface area (Å²) in [4.78, 5) is 13.1. The van der Waals surface area contributed by atoms with E-state index in [1.807, 2.05) is 42.5 Å². The van der Waals surface area contributed by atoms with Crippen molar-refractivity contribution in [3.8, 4) is 0 Å². The summed E-state index contributed by atoms with van der Waals surface area (Å²) in [5.74, 6) is -0.169. The lowest BCUT2D eigenvalue weighted by Gasteiger charge is -2.48. The molecule has 0 bridgehead atoms. The maximum Gasteiger partial charge on any atom is 0.252 e. The molecule has 2 aromatic rings. The molecule has 6 atom stereocenters. The maximum absolute atomic E-state index is 12.3. The smallest absolute Gasteiger partial charge is 0.252 e. The largest absolute Gasteiger partial charge is 0.376 e. The summed E-state index contributed by atoms with van der Waals surface area (Å²) in [6, 6.07) is 14.8. The van der Waals surface area contributed by atoms with Crippen LogP contribution in [-0.4, -0.2) is 56.5 Å². The number of benzene rings is 2. The predicted molar refractivity (Wildman–Crippen MR) is 121 cm³/mol. The Kier molecular flexibility index (Phi) is 7.33. The van der Waals surface area contributed by atoms with E-state index in [2.05, 4.69) is 21.2 Å². The van der Waals surface area contributed by atoms with Gasteiger partial charge in [-0.05, 0) is 18.2 Å². The number of rotatable bonds is 5. The summed E-state index contributed by atoms with van der Waals surface area (Å²) in [6.07, 6.45) is -1.64. The first kappa shape index (κ1) is 22.7. The van der Waals surface area contributed by atoms with Crippen LogP contribution in [0.1, 0.15) is 22.2 Å². The van der Waals surface area contributed by atoms with Crippen LogP contribution in [0, 0.1) is 0 Å². The first-order valence-corrected chi connectivity index (χ1v) is 11.6. The molecule has 2 aliphatic rings. The quantitative estimate of drug-likeness (QED) is 0.640. The fraction of sp³-hybridized carbons (Fsp3) is 0.409. The number of hydrogen-bond donors (Lipinski definition) is 2. The van der Waals surface area contributed by atoms with E-state index >= 15 is 0 Å². The molecule has 2 aliphatic heterocycles. The maximum atomic E-state index is 12.3. The molecule has 2 saturated heterocycles. The minimum Gasteiger partial charge on any atom is -0.376 e. The zero-order valence-corrected chi connectivity index (χ0v) is 19.6. The Balaban J connectivity index is 1.54. The van der Waals surface area contributed by atoms with Crippen molar-refractivity contribution in [2.24, 2.45) is 5.73 Å². The molecule has 2 aromatic carbocycles.